The van der Waals surface area contributed by atoms with E-state index in [1.165, 1.54) is 11.8 Å². The molecule has 0 spiro atoms. The first-order valence-electron chi connectivity index (χ1n) is 6.40. The molecule has 0 radical (unpaired) electrons. The van der Waals surface area contributed by atoms with Crippen molar-refractivity contribution in [1.82, 2.24) is 15.2 Å². The fourth-order valence-corrected chi connectivity index (χ4v) is 2.51. The number of aryl methyl sites for hydroxylation is 1. The van der Waals surface area contributed by atoms with Crippen LogP contribution in [0.2, 0.25) is 0 Å². The molecule has 0 fully saturated rings. The van der Waals surface area contributed by atoms with Crippen LogP contribution < -0.4 is 4.74 Å². The SMILES string of the molecule is CCc1nc(SC(C)C(=O)c2ccc(OC)cc2)n[nH]1. The summed E-state index contributed by atoms with van der Waals surface area (Å²) < 4.78 is 5.08. The first-order chi connectivity index (χ1) is 9.63. The Kier molecular flexibility index (Phi) is 4.79. The Balaban J connectivity index is 2.03. The average molecular weight is 291 g/mol. The predicted molar refractivity (Wildman–Crippen MR) is 78.4 cm³/mol. The Morgan fingerprint density at radius 3 is 2.65 bits per heavy atom. The number of aromatic amines is 1. The molecule has 0 aliphatic heterocycles. The molecule has 2 rings (SSSR count). The summed E-state index contributed by atoms with van der Waals surface area (Å²) in [6, 6.07) is 7.11. The number of ether oxygens (including phenoxy) is 1. The van der Waals surface area contributed by atoms with Gasteiger partial charge in [0.25, 0.3) is 0 Å². The Hall–Kier alpha value is -1.82. The standard InChI is InChI=1S/C14H17N3O2S/c1-4-12-15-14(17-16-12)20-9(2)13(18)10-5-7-11(19-3)8-6-10/h5-9H,4H2,1-3H3,(H,15,16,17). The molecular formula is C14H17N3O2S. The maximum absolute atomic E-state index is 12.3. The Labute approximate surface area is 122 Å². The van der Waals surface area contributed by atoms with Crippen LogP contribution in [0.3, 0.4) is 0 Å². The molecule has 0 aliphatic carbocycles. The second-order valence-corrected chi connectivity index (χ2v) is 5.58. The van der Waals surface area contributed by atoms with Crippen LogP contribution in [0, 0.1) is 0 Å². The van der Waals surface area contributed by atoms with Crippen molar-refractivity contribution >= 4 is 17.5 Å². The van der Waals surface area contributed by atoms with E-state index in [0.29, 0.717) is 10.7 Å². The molecule has 0 saturated carbocycles. The Bertz CT molecular complexity index is 580. The summed E-state index contributed by atoms with van der Waals surface area (Å²) in [5, 5.41) is 7.30. The molecule has 1 unspecified atom stereocenters. The summed E-state index contributed by atoms with van der Waals surface area (Å²) in [6.45, 7) is 3.86. The molecule has 2 aromatic rings. The molecule has 1 N–H and O–H groups in total. The van der Waals surface area contributed by atoms with Crippen LogP contribution in [0.15, 0.2) is 29.4 Å². The van der Waals surface area contributed by atoms with Gasteiger partial charge in [0.2, 0.25) is 5.16 Å². The van der Waals surface area contributed by atoms with Crippen molar-refractivity contribution in [3.63, 3.8) is 0 Å². The van der Waals surface area contributed by atoms with E-state index in [1.807, 2.05) is 13.8 Å². The number of Topliss-reactive ketones (excluding diaryl/α,β-unsaturated/α-hetero) is 1. The highest BCUT2D eigenvalue weighted by Gasteiger charge is 2.18. The van der Waals surface area contributed by atoms with Crippen LogP contribution in [0.25, 0.3) is 0 Å². The van der Waals surface area contributed by atoms with Crippen LogP contribution in [0.5, 0.6) is 5.75 Å². The number of aromatic nitrogens is 3. The first kappa shape index (κ1) is 14.6. The second kappa shape index (κ2) is 6.56. The van der Waals surface area contributed by atoms with E-state index in [1.54, 1.807) is 31.4 Å². The predicted octanol–water partition coefficient (Wildman–Crippen LogP) is 2.74. The van der Waals surface area contributed by atoms with Crippen molar-refractivity contribution in [2.45, 2.75) is 30.7 Å². The first-order valence-corrected chi connectivity index (χ1v) is 7.28. The van der Waals surface area contributed by atoms with Crippen LogP contribution in [-0.4, -0.2) is 33.3 Å². The van der Waals surface area contributed by atoms with Gasteiger partial charge in [-0.25, -0.2) is 4.98 Å². The van der Waals surface area contributed by atoms with E-state index in [-0.39, 0.29) is 11.0 Å². The van der Waals surface area contributed by atoms with E-state index in [9.17, 15) is 4.79 Å². The molecule has 1 aromatic carbocycles. The molecule has 5 nitrogen and oxygen atoms in total. The quantitative estimate of drug-likeness (QED) is 0.654. The van der Waals surface area contributed by atoms with Crippen LogP contribution >= 0.6 is 11.8 Å². The lowest BCUT2D eigenvalue weighted by Crippen LogP contribution is -2.13. The molecule has 0 aliphatic rings. The zero-order chi connectivity index (χ0) is 14.5. The van der Waals surface area contributed by atoms with Gasteiger partial charge in [-0.3, -0.25) is 9.89 Å². The molecule has 6 heteroatoms. The summed E-state index contributed by atoms with van der Waals surface area (Å²) >= 11 is 1.36. The number of carbonyl (C=O) groups excluding carboxylic acids is 1. The van der Waals surface area contributed by atoms with Crippen LogP contribution in [0.1, 0.15) is 30.0 Å². The molecule has 1 heterocycles. The van der Waals surface area contributed by atoms with Crippen LogP contribution in [0.4, 0.5) is 0 Å². The zero-order valence-electron chi connectivity index (χ0n) is 11.7. The van der Waals surface area contributed by atoms with Gasteiger partial charge in [0.1, 0.15) is 11.6 Å². The number of hydrogen-bond donors (Lipinski definition) is 1. The molecule has 20 heavy (non-hydrogen) atoms. The van der Waals surface area contributed by atoms with Crippen molar-refractivity contribution in [1.29, 1.82) is 0 Å². The summed E-state index contributed by atoms with van der Waals surface area (Å²) in [6.07, 6.45) is 0.800. The zero-order valence-corrected chi connectivity index (χ0v) is 12.5. The van der Waals surface area contributed by atoms with Crippen molar-refractivity contribution < 1.29 is 9.53 Å². The average Bonchev–Trinajstić information content (AvgIpc) is 2.94. The largest absolute Gasteiger partial charge is 0.497 e. The highest BCUT2D eigenvalue weighted by Crippen LogP contribution is 2.23. The van der Waals surface area contributed by atoms with Crippen molar-refractivity contribution in [2.75, 3.05) is 7.11 Å². The number of nitrogens with zero attached hydrogens (tertiary/aromatic N) is 2. The van der Waals surface area contributed by atoms with Crippen molar-refractivity contribution in [3.8, 4) is 5.75 Å². The number of thioether (sulfide) groups is 1. The van der Waals surface area contributed by atoms with Gasteiger partial charge in [0.15, 0.2) is 5.78 Å². The number of methoxy groups -OCH3 is 1. The topological polar surface area (TPSA) is 67.9 Å². The fraction of sp³-hybridized carbons (Fsp3) is 0.357. The molecule has 0 amide bonds. The van der Waals surface area contributed by atoms with E-state index in [4.69, 9.17) is 4.74 Å². The number of nitrogens with one attached hydrogen (secondary N) is 1. The second-order valence-electron chi connectivity index (χ2n) is 4.27. The molecule has 1 aromatic heterocycles. The van der Waals surface area contributed by atoms with E-state index in [0.717, 1.165) is 18.0 Å². The summed E-state index contributed by atoms with van der Waals surface area (Å²) in [7, 11) is 1.60. The number of carbonyl (C=O) groups is 1. The number of hydrogen-bond acceptors (Lipinski definition) is 5. The highest BCUT2D eigenvalue weighted by molar-refractivity contribution is 8.00. The Morgan fingerprint density at radius 2 is 2.10 bits per heavy atom. The van der Waals surface area contributed by atoms with Gasteiger partial charge in [0.05, 0.1) is 12.4 Å². The Morgan fingerprint density at radius 1 is 1.40 bits per heavy atom. The van der Waals surface area contributed by atoms with Crippen LogP contribution in [-0.2, 0) is 6.42 Å². The van der Waals surface area contributed by atoms with E-state index < -0.39 is 0 Å². The molecule has 0 bridgehead atoms. The smallest absolute Gasteiger partial charge is 0.209 e. The third-order valence-electron chi connectivity index (χ3n) is 2.87. The number of ketones is 1. The highest BCUT2D eigenvalue weighted by atomic mass is 32.2. The lowest BCUT2D eigenvalue weighted by molar-refractivity contribution is 0.0994. The molecule has 0 saturated heterocycles. The third-order valence-corrected chi connectivity index (χ3v) is 3.83. The van der Waals surface area contributed by atoms with Gasteiger partial charge in [-0.15, -0.1) is 5.10 Å². The maximum Gasteiger partial charge on any atom is 0.209 e. The minimum atomic E-state index is -0.232. The minimum Gasteiger partial charge on any atom is -0.497 e. The van der Waals surface area contributed by atoms with Gasteiger partial charge in [-0.2, -0.15) is 0 Å². The molecular weight excluding hydrogens is 274 g/mol. The fourth-order valence-electron chi connectivity index (χ4n) is 1.69. The monoisotopic (exact) mass is 291 g/mol. The maximum atomic E-state index is 12.3. The lowest BCUT2D eigenvalue weighted by atomic mass is 10.1. The number of rotatable bonds is 6. The van der Waals surface area contributed by atoms with Gasteiger partial charge in [0, 0.05) is 12.0 Å². The van der Waals surface area contributed by atoms with Gasteiger partial charge >= 0.3 is 0 Å². The van der Waals surface area contributed by atoms with Crippen molar-refractivity contribution in [2.24, 2.45) is 0 Å². The van der Waals surface area contributed by atoms with Gasteiger partial charge in [-0.1, -0.05) is 18.7 Å². The minimum absolute atomic E-state index is 0.0560. The third kappa shape index (κ3) is 3.39. The molecule has 1 atom stereocenters. The summed E-state index contributed by atoms with van der Waals surface area (Å²) in [5.41, 5.74) is 0.664. The number of benzene rings is 1. The summed E-state index contributed by atoms with van der Waals surface area (Å²) in [4.78, 5) is 16.6. The van der Waals surface area contributed by atoms with E-state index in [2.05, 4.69) is 15.2 Å². The number of H-pyrrole nitrogens is 1. The lowest BCUT2D eigenvalue weighted by Gasteiger charge is -2.08. The normalized spacial score (nSPS) is 12.2. The van der Waals surface area contributed by atoms with Gasteiger partial charge in [-0.05, 0) is 31.2 Å². The van der Waals surface area contributed by atoms with E-state index >= 15 is 0 Å². The molecule has 106 valence electrons. The van der Waals surface area contributed by atoms with Crippen molar-refractivity contribution in [3.05, 3.63) is 35.7 Å². The summed E-state index contributed by atoms with van der Waals surface area (Å²) in [5.74, 6) is 1.63. The van der Waals surface area contributed by atoms with Gasteiger partial charge < -0.3 is 4.74 Å².